The third kappa shape index (κ3) is 3.93. The highest BCUT2D eigenvalue weighted by atomic mass is 16.5. The number of benzene rings is 1. The molecule has 104 valence electrons. The maximum absolute atomic E-state index is 5.65. The second-order valence-corrected chi connectivity index (χ2v) is 4.60. The Balaban J connectivity index is 1.98. The van der Waals surface area contributed by atoms with E-state index in [2.05, 4.69) is 35.9 Å². The van der Waals surface area contributed by atoms with Crippen molar-refractivity contribution in [2.24, 2.45) is 0 Å². The molecule has 2 rings (SSSR count). The van der Waals surface area contributed by atoms with Crippen LogP contribution in [0.5, 0.6) is 5.75 Å². The van der Waals surface area contributed by atoms with Crippen LogP contribution < -0.4 is 10.1 Å². The van der Waals surface area contributed by atoms with Crippen LogP contribution >= 0.6 is 0 Å². The van der Waals surface area contributed by atoms with Crippen molar-refractivity contribution in [3.63, 3.8) is 0 Å². The predicted octanol–water partition coefficient (Wildman–Crippen LogP) is 3.50. The third-order valence-corrected chi connectivity index (χ3v) is 3.11. The monoisotopic (exact) mass is 268 g/mol. The van der Waals surface area contributed by atoms with E-state index in [9.17, 15) is 0 Å². The van der Waals surface area contributed by atoms with E-state index in [0.29, 0.717) is 6.61 Å². The minimum atomic E-state index is 0.246. The van der Waals surface area contributed by atoms with Crippen molar-refractivity contribution in [2.45, 2.75) is 19.5 Å². The van der Waals surface area contributed by atoms with E-state index in [0.717, 1.165) is 17.9 Å². The van der Waals surface area contributed by atoms with Crippen molar-refractivity contribution in [1.82, 2.24) is 10.3 Å². The lowest BCUT2D eigenvalue weighted by Crippen LogP contribution is -2.18. The molecule has 0 spiro atoms. The van der Waals surface area contributed by atoms with Crippen LogP contribution in [0.3, 0.4) is 0 Å². The molecule has 1 atom stereocenters. The fourth-order valence-electron chi connectivity index (χ4n) is 1.95. The first-order valence-corrected chi connectivity index (χ1v) is 6.76. The van der Waals surface area contributed by atoms with Gasteiger partial charge in [0.15, 0.2) is 0 Å². The van der Waals surface area contributed by atoms with Crippen molar-refractivity contribution in [3.8, 4) is 5.75 Å². The highest BCUT2D eigenvalue weighted by molar-refractivity contribution is 5.33. The molecule has 2 aromatic rings. The Bertz CT molecular complexity index is 540. The Hall–Kier alpha value is -2.13. The molecule has 0 amide bonds. The summed E-state index contributed by atoms with van der Waals surface area (Å²) >= 11 is 0. The summed E-state index contributed by atoms with van der Waals surface area (Å²) < 4.78 is 5.65. The number of pyridine rings is 1. The summed E-state index contributed by atoms with van der Waals surface area (Å²) in [5.74, 6) is 0.901. The van der Waals surface area contributed by atoms with Gasteiger partial charge in [-0.2, -0.15) is 0 Å². The number of nitrogens with one attached hydrogen (secondary N) is 1. The topological polar surface area (TPSA) is 34.1 Å². The second-order valence-electron chi connectivity index (χ2n) is 4.60. The summed E-state index contributed by atoms with van der Waals surface area (Å²) in [6.07, 6.45) is 5.43. The summed E-state index contributed by atoms with van der Waals surface area (Å²) in [4.78, 5) is 4.14. The molecule has 3 nitrogen and oxygen atoms in total. The van der Waals surface area contributed by atoms with Gasteiger partial charge >= 0.3 is 0 Å². The van der Waals surface area contributed by atoms with Gasteiger partial charge in [0, 0.05) is 30.5 Å². The lowest BCUT2D eigenvalue weighted by atomic mass is 10.1. The molecule has 3 heteroatoms. The minimum Gasteiger partial charge on any atom is -0.489 e. The lowest BCUT2D eigenvalue weighted by molar-refractivity contribution is 0.357. The molecule has 1 aromatic carbocycles. The molecule has 1 aromatic heterocycles. The van der Waals surface area contributed by atoms with Gasteiger partial charge in [-0.3, -0.25) is 4.98 Å². The standard InChI is InChI=1S/C17H20N2O/c1-3-11-20-17-9-5-4-7-16(17)13-19-14(2)15-8-6-10-18-12-15/h3-10,12,14,19H,1,11,13H2,2H3. The zero-order chi connectivity index (χ0) is 14.2. The smallest absolute Gasteiger partial charge is 0.124 e. The Morgan fingerprint density at radius 1 is 1.30 bits per heavy atom. The van der Waals surface area contributed by atoms with Gasteiger partial charge in [0.2, 0.25) is 0 Å². The van der Waals surface area contributed by atoms with Crippen molar-refractivity contribution >= 4 is 0 Å². The van der Waals surface area contributed by atoms with Gasteiger partial charge in [-0.25, -0.2) is 0 Å². The molecule has 0 saturated heterocycles. The molecular formula is C17H20N2O. The Morgan fingerprint density at radius 2 is 2.15 bits per heavy atom. The molecule has 20 heavy (non-hydrogen) atoms. The summed E-state index contributed by atoms with van der Waals surface area (Å²) in [5, 5.41) is 3.49. The van der Waals surface area contributed by atoms with Crippen LogP contribution in [-0.4, -0.2) is 11.6 Å². The summed E-state index contributed by atoms with van der Waals surface area (Å²) in [6.45, 7) is 7.08. The van der Waals surface area contributed by atoms with Crippen molar-refractivity contribution in [1.29, 1.82) is 0 Å². The van der Waals surface area contributed by atoms with Crippen LogP contribution in [-0.2, 0) is 6.54 Å². The van der Waals surface area contributed by atoms with E-state index < -0.39 is 0 Å². The van der Waals surface area contributed by atoms with Crippen LogP contribution in [0.25, 0.3) is 0 Å². The van der Waals surface area contributed by atoms with Gasteiger partial charge in [-0.15, -0.1) is 0 Å². The van der Waals surface area contributed by atoms with E-state index in [1.807, 2.05) is 30.5 Å². The summed E-state index contributed by atoms with van der Waals surface area (Å²) in [7, 11) is 0. The van der Waals surface area contributed by atoms with E-state index in [-0.39, 0.29) is 6.04 Å². The van der Waals surface area contributed by atoms with Crippen LogP contribution in [0.4, 0.5) is 0 Å². The Labute approximate surface area is 120 Å². The van der Waals surface area contributed by atoms with Gasteiger partial charge in [0.1, 0.15) is 12.4 Å². The highest BCUT2D eigenvalue weighted by Crippen LogP contribution is 2.19. The van der Waals surface area contributed by atoms with Crippen molar-refractivity contribution < 1.29 is 4.74 Å². The number of hydrogen-bond donors (Lipinski definition) is 1. The van der Waals surface area contributed by atoms with Gasteiger partial charge in [0.05, 0.1) is 0 Å². The van der Waals surface area contributed by atoms with Gasteiger partial charge in [-0.1, -0.05) is 36.9 Å². The summed E-state index contributed by atoms with van der Waals surface area (Å²) in [6, 6.07) is 12.3. The molecule has 0 fully saturated rings. The first kappa shape index (κ1) is 14.3. The maximum atomic E-state index is 5.65. The number of nitrogens with zero attached hydrogens (tertiary/aromatic N) is 1. The Kier molecular flexibility index (Phi) is 5.33. The molecule has 1 N–H and O–H groups in total. The van der Waals surface area contributed by atoms with E-state index in [4.69, 9.17) is 4.74 Å². The van der Waals surface area contributed by atoms with Crippen LogP contribution in [0.15, 0.2) is 61.4 Å². The average molecular weight is 268 g/mol. The van der Waals surface area contributed by atoms with E-state index in [1.54, 1.807) is 12.3 Å². The van der Waals surface area contributed by atoms with Gasteiger partial charge in [-0.05, 0) is 24.6 Å². The number of hydrogen-bond acceptors (Lipinski definition) is 3. The fraction of sp³-hybridized carbons (Fsp3) is 0.235. The number of rotatable bonds is 7. The second kappa shape index (κ2) is 7.46. The predicted molar refractivity (Wildman–Crippen MR) is 81.6 cm³/mol. The highest BCUT2D eigenvalue weighted by Gasteiger charge is 2.07. The number of para-hydroxylation sites is 1. The van der Waals surface area contributed by atoms with Crippen molar-refractivity contribution in [3.05, 3.63) is 72.6 Å². The molecule has 0 radical (unpaired) electrons. The lowest BCUT2D eigenvalue weighted by Gasteiger charge is -2.16. The molecule has 0 bridgehead atoms. The Morgan fingerprint density at radius 3 is 2.90 bits per heavy atom. The molecule has 1 heterocycles. The van der Waals surface area contributed by atoms with Gasteiger partial charge in [0.25, 0.3) is 0 Å². The molecule has 0 aliphatic heterocycles. The largest absolute Gasteiger partial charge is 0.489 e. The molecule has 0 saturated carbocycles. The molecule has 0 aliphatic carbocycles. The first-order chi connectivity index (χ1) is 9.81. The van der Waals surface area contributed by atoms with Crippen LogP contribution in [0.1, 0.15) is 24.1 Å². The normalized spacial score (nSPS) is 11.8. The molecule has 1 unspecified atom stereocenters. The first-order valence-electron chi connectivity index (χ1n) is 6.76. The summed E-state index contributed by atoms with van der Waals surface area (Å²) in [5.41, 5.74) is 2.32. The quantitative estimate of drug-likeness (QED) is 0.780. The molecule has 0 aliphatic rings. The maximum Gasteiger partial charge on any atom is 0.124 e. The van der Waals surface area contributed by atoms with Crippen LogP contribution in [0.2, 0.25) is 0 Å². The molecular weight excluding hydrogens is 248 g/mol. The number of aromatic nitrogens is 1. The zero-order valence-corrected chi connectivity index (χ0v) is 11.8. The average Bonchev–Trinajstić information content (AvgIpc) is 2.52. The zero-order valence-electron chi connectivity index (χ0n) is 11.8. The number of ether oxygens (including phenoxy) is 1. The third-order valence-electron chi connectivity index (χ3n) is 3.11. The van der Waals surface area contributed by atoms with E-state index >= 15 is 0 Å². The fourth-order valence-corrected chi connectivity index (χ4v) is 1.95. The van der Waals surface area contributed by atoms with Gasteiger partial charge < -0.3 is 10.1 Å². The van der Waals surface area contributed by atoms with Crippen molar-refractivity contribution in [2.75, 3.05) is 6.61 Å². The SMILES string of the molecule is C=CCOc1ccccc1CNC(C)c1cccnc1. The van der Waals surface area contributed by atoms with Crippen LogP contribution in [0, 0.1) is 0 Å². The minimum absolute atomic E-state index is 0.246. The van der Waals surface area contributed by atoms with E-state index in [1.165, 1.54) is 5.56 Å².